The van der Waals surface area contributed by atoms with Gasteiger partial charge < -0.3 is 20.1 Å². The molecule has 0 aromatic heterocycles. The number of rotatable bonds is 7. The molecule has 3 amide bonds. The summed E-state index contributed by atoms with van der Waals surface area (Å²) in [5, 5.41) is 5.54. The molecule has 0 saturated heterocycles. The summed E-state index contributed by atoms with van der Waals surface area (Å²) in [6.07, 6.45) is -0.219. The number of carbonyl (C=O) groups excluding carboxylic acids is 3. The minimum Gasteiger partial charge on any atom is -0.497 e. The number of benzene rings is 3. The quantitative estimate of drug-likeness (QED) is 0.581. The monoisotopic (exact) mass is 445 g/mol. The number of fused-ring (bicyclic) bond motifs is 1. The van der Waals surface area contributed by atoms with E-state index in [9.17, 15) is 14.4 Å². The molecular weight excluding hydrogens is 422 g/mol. The molecule has 33 heavy (non-hydrogen) atoms. The highest BCUT2D eigenvalue weighted by Gasteiger charge is 2.38. The molecule has 4 rings (SSSR count). The molecule has 168 valence electrons. The van der Waals surface area contributed by atoms with Crippen LogP contribution in [0.1, 0.15) is 6.42 Å². The number of anilines is 3. The maximum Gasteiger partial charge on any atom is 0.265 e. The van der Waals surface area contributed by atoms with Crippen LogP contribution in [0.15, 0.2) is 78.9 Å². The first-order valence-electron chi connectivity index (χ1n) is 10.4. The lowest BCUT2D eigenvalue weighted by Crippen LogP contribution is -2.53. The summed E-state index contributed by atoms with van der Waals surface area (Å²) in [4.78, 5) is 40.1. The Morgan fingerprint density at radius 1 is 0.939 bits per heavy atom. The van der Waals surface area contributed by atoms with Crippen molar-refractivity contribution in [1.29, 1.82) is 0 Å². The number of hydrogen-bond donors (Lipinski definition) is 2. The Labute approximate surface area is 191 Å². The average Bonchev–Trinajstić information content (AvgIpc) is 2.84. The second-order valence-electron chi connectivity index (χ2n) is 7.37. The van der Waals surface area contributed by atoms with E-state index in [1.807, 2.05) is 6.07 Å². The Hall–Kier alpha value is -4.33. The van der Waals surface area contributed by atoms with Gasteiger partial charge in [-0.15, -0.1) is 0 Å². The Balaban J connectivity index is 1.52. The third-order valence-electron chi connectivity index (χ3n) is 5.16. The molecule has 8 nitrogen and oxygen atoms in total. The fraction of sp³-hybridized carbons (Fsp3) is 0.160. The molecule has 3 aromatic rings. The van der Waals surface area contributed by atoms with Crippen molar-refractivity contribution in [3.05, 3.63) is 78.9 Å². The van der Waals surface area contributed by atoms with E-state index >= 15 is 0 Å². The van der Waals surface area contributed by atoms with Crippen molar-refractivity contribution in [3.8, 4) is 11.5 Å². The molecule has 2 N–H and O–H groups in total. The molecule has 1 heterocycles. The van der Waals surface area contributed by atoms with Crippen LogP contribution in [0, 0.1) is 0 Å². The predicted molar refractivity (Wildman–Crippen MR) is 125 cm³/mol. The molecule has 0 aliphatic carbocycles. The highest BCUT2D eigenvalue weighted by atomic mass is 16.5. The van der Waals surface area contributed by atoms with Crippen molar-refractivity contribution >= 4 is 34.8 Å². The minimum atomic E-state index is -1.02. The zero-order chi connectivity index (χ0) is 23.2. The summed E-state index contributed by atoms with van der Waals surface area (Å²) in [7, 11) is 1.56. The van der Waals surface area contributed by atoms with Crippen molar-refractivity contribution in [1.82, 2.24) is 0 Å². The van der Waals surface area contributed by atoms with Crippen LogP contribution < -0.4 is 25.0 Å². The van der Waals surface area contributed by atoms with Crippen LogP contribution >= 0.6 is 0 Å². The summed E-state index contributed by atoms with van der Waals surface area (Å²) in [6, 6.07) is 21.7. The zero-order valence-electron chi connectivity index (χ0n) is 18.0. The fourth-order valence-electron chi connectivity index (χ4n) is 3.58. The molecule has 0 spiro atoms. The summed E-state index contributed by atoms with van der Waals surface area (Å²) < 4.78 is 10.7. The topological polar surface area (TPSA) is 97.0 Å². The summed E-state index contributed by atoms with van der Waals surface area (Å²) in [5.74, 6) is -0.0719. The molecule has 0 bridgehead atoms. The van der Waals surface area contributed by atoms with Gasteiger partial charge in [-0.25, -0.2) is 0 Å². The van der Waals surface area contributed by atoms with Crippen molar-refractivity contribution in [2.45, 2.75) is 12.5 Å². The van der Waals surface area contributed by atoms with Crippen LogP contribution in [0.2, 0.25) is 0 Å². The van der Waals surface area contributed by atoms with Crippen molar-refractivity contribution < 1.29 is 23.9 Å². The normalized spacial score (nSPS) is 14.6. The molecule has 1 aliphatic heterocycles. The van der Waals surface area contributed by atoms with E-state index in [4.69, 9.17) is 9.47 Å². The molecule has 1 aliphatic rings. The van der Waals surface area contributed by atoms with E-state index in [0.717, 1.165) is 0 Å². The lowest BCUT2D eigenvalue weighted by Gasteiger charge is -2.36. The number of nitrogens with zero attached hydrogens (tertiary/aromatic N) is 1. The maximum atomic E-state index is 13.2. The summed E-state index contributed by atoms with van der Waals surface area (Å²) in [6.45, 7) is -0.276. The van der Waals surface area contributed by atoms with Crippen molar-refractivity contribution in [2.24, 2.45) is 0 Å². The van der Waals surface area contributed by atoms with Gasteiger partial charge in [0, 0.05) is 5.69 Å². The molecule has 1 atom stereocenters. The Bertz CT molecular complexity index is 1150. The zero-order valence-corrected chi connectivity index (χ0v) is 18.0. The molecule has 3 aromatic carbocycles. The Kier molecular flexibility index (Phi) is 6.54. The van der Waals surface area contributed by atoms with E-state index in [1.165, 1.54) is 4.90 Å². The number of methoxy groups -OCH3 is 1. The van der Waals surface area contributed by atoms with Gasteiger partial charge in [0.05, 0.1) is 24.9 Å². The fourth-order valence-corrected chi connectivity index (χ4v) is 3.58. The average molecular weight is 445 g/mol. The molecule has 1 unspecified atom stereocenters. The van der Waals surface area contributed by atoms with Crippen LogP contribution in [-0.4, -0.2) is 37.5 Å². The lowest BCUT2D eigenvalue weighted by molar-refractivity contribution is -0.127. The largest absolute Gasteiger partial charge is 0.497 e. The smallest absolute Gasteiger partial charge is 0.265 e. The highest BCUT2D eigenvalue weighted by molar-refractivity contribution is 6.14. The molecule has 0 radical (unpaired) electrons. The van der Waals surface area contributed by atoms with E-state index in [0.29, 0.717) is 28.6 Å². The van der Waals surface area contributed by atoms with E-state index < -0.39 is 23.8 Å². The molecule has 0 fully saturated rings. The first-order chi connectivity index (χ1) is 16.0. The SMILES string of the molecule is COc1ccc(NC(=O)CC2C(=O)Nc3ccccc3N2C(=O)COc2ccccc2)cc1. The van der Waals surface area contributed by atoms with E-state index in [-0.39, 0.29) is 13.0 Å². The van der Waals surface area contributed by atoms with Gasteiger partial charge in [-0.1, -0.05) is 30.3 Å². The van der Waals surface area contributed by atoms with Crippen molar-refractivity contribution in [3.63, 3.8) is 0 Å². The summed E-state index contributed by atoms with van der Waals surface area (Å²) in [5.41, 5.74) is 1.58. The highest BCUT2D eigenvalue weighted by Crippen LogP contribution is 2.33. The van der Waals surface area contributed by atoms with Gasteiger partial charge in [0.15, 0.2) is 6.61 Å². The number of amides is 3. The number of ether oxygens (including phenoxy) is 2. The van der Waals surface area contributed by atoms with E-state index in [2.05, 4.69) is 10.6 Å². The van der Waals surface area contributed by atoms with Crippen LogP contribution in [0.4, 0.5) is 17.1 Å². The lowest BCUT2D eigenvalue weighted by atomic mass is 10.0. The van der Waals surface area contributed by atoms with Crippen molar-refractivity contribution in [2.75, 3.05) is 29.3 Å². The third kappa shape index (κ3) is 5.12. The predicted octanol–water partition coefficient (Wildman–Crippen LogP) is 3.46. The van der Waals surface area contributed by atoms with Crippen LogP contribution in [0.3, 0.4) is 0 Å². The van der Waals surface area contributed by atoms with Gasteiger partial charge in [0.25, 0.3) is 5.91 Å². The van der Waals surface area contributed by atoms with E-state index in [1.54, 1.807) is 79.9 Å². The van der Waals surface area contributed by atoms with Gasteiger partial charge >= 0.3 is 0 Å². The van der Waals surface area contributed by atoms with Gasteiger partial charge in [-0.3, -0.25) is 19.3 Å². The van der Waals surface area contributed by atoms with Crippen LogP contribution in [0.5, 0.6) is 11.5 Å². The Morgan fingerprint density at radius 2 is 1.64 bits per heavy atom. The second kappa shape index (κ2) is 9.86. The van der Waals surface area contributed by atoms with Gasteiger partial charge in [-0.05, 0) is 48.5 Å². The number of hydrogen-bond acceptors (Lipinski definition) is 5. The van der Waals surface area contributed by atoms with Gasteiger partial charge in [0.2, 0.25) is 11.8 Å². The second-order valence-corrected chi connectivity index (χ2v) is 7.37. The van der Waals surface area contributed by atoms with Crippen LogP contribution in [-0.2, 0) is 14.4 Å². The van der Waals surface area contributed by atoms with Crippen LogP contribution in [0.25, 0.3) is 0 Å². The maximum absolute atomic E-state index is 13.2. The standard InChI is InChI=1S/C25H23N3O5/c1-32-18-13-11-17(12-14-18)26-23(29)15-22-25(31)27-20-9-5-6-10-21(20)28(22)24(30)16-33-19-7-3-2-4-8-19/h2-14,22H,15-16H2,1H3,(H,26,29)(H,27,31). The van der Waals surface area contributed by atoms with Gasteiger partial charge in [-0.2, -0.15) is 0 Å². The first kappa shape index (κ1) is 21.9. The minimum absolute atomic E-state index is 0.219. The first-order valence-corrected chi connectivity index (χ1v) is 10.4. The Morgan fingerprint density at radius 3 is 2.36 bits per heavy atom. The molecule has 0 saturated carbocycles. The number of para-hydroxylation sites is 3. The summed E-state index contributed by atoms with van der Waals surface area (Å²) >= 11 is 0. The third-order valence-corrected chi connectivity index (χ3v) is 5.16. The number of carbonyl (C=O) groups is 3. The van der Waals surface area contributed by atoms with Gasteiger partial charge in [0.1, 0.15) is 17.5 Å². The molecule has 8 heteroatoms. The molecular formula is C25H23N3O5. The number of nitrogens with one attached hydrogen (secondary N) is 2.